The number of amides is 1. The molecule has 1 fully saturated rings. The summed E-state index contributed by atoms with van der Waals surface area (Å²) in [4.78, 5) is 17.1. The Bertz CT molecular complexity index is 1160. The first kappa shape index (κ1) is 24.2. The van der Waals surface area contributed by atoms with Crippen LogP contribution in [0.4, 0.5) is 10.1 Å². The maximum Gasteiger partial charge on any atom is 0.275 e. The lowest BCUT2D eigenvalue weighted by atomic mass is 10.1. The van der Waals surface area contributed by atoms with E-state index in [0.29, 0.717) is 17.6 Å². The minimum atomic E-state index is -3.74. The number of ether oxygens (including phenoxy) is 1. The van der Waals surface area contributed by atoms with Gasteiger partial charge in [0.15, 0.2) is 0 Å². The van der Waals surface area contributed by atoms with Crippen molar-refractivity contribution >= 4 is 44.6 Å². The van der Waals surface area contributed by atoms with E-state index in [4.69, 9.17) is 16.3 Å². The van der Waals surface area contributed by atoms with Crippen LogP contribution in [0.5, 0.6) is 0 Å². The van der Waals surface area contributed by atoms with E-state index in [2.05, 4.69) is 9.62 Å². The third-order valence-electron chi connectivity index (χ3n) is 5.80. The fourth-order valence-electron chi connectivity index (χ4n) is 3.91. The summed E-state index contributed by atoms with van der Waals surface area (Å²) < 4.78 is 48.2. The largest absolute Gasteiger partial charge is 0.379 e. The highest BCUT2D eigenvalue weighted by Gasteiger charge is 2.30. The molecule has 1 amide bonds. The van der Waals surface area contributed by atoms with Gasteiger partial charge in [0.2, 0.25) is 10.0 Å². The Balaban J connectivity index is 1.39. The molecule has 2 aliphatic rings. The van der Waals surface area contributed by atoms with E-state index in [1.165, 1.54) is 28.4 Å². The van der Waals surface area contributed by atoms with Crippen molar-refractivity contribution in [2.24, 2.45) is 0 Å². The summed E-state index contributed by atoms with van der Waals surface area (Å²) in [5.74, 6) is -1.28. The van der Waals surface area contributed by atoms with Gasteiger partial charge >= 0.3 is 0 Å². The van der Waals surface area contributed by atoms with Crippen LogP contribution >= 0.6 is 22.9 Å². The molecule has 0 aliphatic carbocycles. The third kappa shape index (κ3) is 5.75. The van der Waals surface area contributed by atoms with Crippen LogP contribution in [0.1, 0.15) is 23.4 Å². The van der Waals surface area contributed by atoms with Gasteiger partial charge < -0.3 is 9.64 Å². The molecule has 2 aliphatic heterocycles. The summed E-state index contributed by atoms with van der Waals surface area (Å²) >= 11 is 7.19. The zero-order valence-corrected chi connectivity index (χ0v) is 20.5. The second-order valence-corrected chi connectivity index (χ2v) is 11.6. The Morgan fingerprint density at radius 1 is 1.24 bits per heavy atom. The molecule has 0 radical (unpaired) electrons. The van der Waals surface area contributed by atoms with Crippen LogP contribution in [-0.4, -0.2) is 57.8 Å². The summed E-state index contributed by atoms with van der Waals surface area (Å²) in [6, 6.07) is 8.33. The van der Waals surface area contributed by atoms with Gasteiger partial charge in [0.05, 0.1) is 29.0 Å². The number of aryl methyl sites for hydroxylation is 1. The van der Waals surface area contributed by atoms with E-state index in [1.54, 1.807) is 24.3 Å². The molecule has 1 saturated heterocycles. The number of hydrogen-bond acceptors (Lipinski definition) is 6. The number of nitrogens with one attached hydrogen (secondary N) is 1. The lowest BCUT2D eigenvalue weighted by Gasteiger charge is -2.32. The van der Waals surface area contributed by atoms with Crippen LogP contribution < -0.4 is 9.62 Å². The van der Waals surface area contributed by atoms with Crippen molar-refractivity contribution in [1.82, 2.24) is 9.62 Å². The molecular weight excluding hydrogens is 489 g/mol. The number of morpholine rings is 1. The van der Waals surface area contributed by atoms with Crippen molar-refractivity contribution in [3.8, 4) is 0 Å². The van der Waals surface area contributed by atoms with Crippen LogP contribution in [0, 0.1) is 5.82 Å². The standard InChI is InChI=1S/C22H25ClFN3O4S2/c1-15(26-9-11-31-12-10-26)16-2-4-20(18(24)14-16)27-8-6-19(22(27)28)25-33(29,30)13-7-17-3-5-21(23)32-17/h2-6,14-15,25H,7-13H2,1H3. The Kier molecular flexibility index (Phi) is 7.40. The van der Waals surface area contributed by atoms with E-state index in [-0.39, 0.29) is 36.1 Å². The van der Waals surface area contributed by atoms with Gasteiger partial charge in [0.1, 0.15) is 11.5 Å². The highest BCUT2D eigenvalue weighted by Crippen LogP contribution is 2.29. The molecule has 11 heteroatoms. The number of hydrogen-bond donors (Lipinski definition) is 1. The van der Waals surface area contributed by atoms with Crippen LogP contribution in [0.15, 0.2) is 42.1 Å². The number of thiophene rings is 1. The van der Waals surface area contributed by atoms with Crippen LogP contribution in [0.25, 0.3) is 0 Å². The Hall–Kier alpha value is -1.98. The lowest BCUT2D eigenvalue weighted by Crippen LogP contribution is -2.38. The molecular formula is C22H25ClFN3O4S2. The number of anilines is 1. The van der Waals surface area contributed by atoms with Crippen molar-refractivity contribution in [3.05, 3.63) is 62.7 Å². The molecule has 1 aromatic carbocycles. The average molecular weight is 514 g/mol. The topological polar surface area (TPSA) is 79.0 Å². The van der Waals surface area contributed by atoms with Gasteiger partial charge in [-0.2, -0.15) is 0 Å². The van der Waals surface area contributed by atoms with Crippen molar-refractivity contribution in [2.45, 2.75) is 19.4 Å². The molecule has 4 rings (SSSR count). The number of rotatable bonds is 8. The molecule has 0 bridgehead atoms. The minimum absolute atomic E-state index is 0.0189. The number of halogens is 2. The van der Waals surface area contributed by atoms with Crippen molar-refractivity contribution in [1.29, 1.82) is 0 Å². The van der Waals surface area contributed by atoms with E-state index in [1.807, 2.05) is 6.92 Å². The van der Waals surface area contributed by atoms with E-state index in [9.17, 15) is 17.6 Å². The van der Waals surface area contributed by atoms with Crippen LogP contribution in [-0.2, 0) is 26.0 Å². The molecule has 2 aromatic rings. The van der Waals surface area contributed by atoms with Gasteiger partial charge in [-0.1, -0.05) is 17.7 Å². The molecule has 7 nitrogen and oxygen atoms in total. The Labute approximate surface area is 201 Å². The first-order chi connectivity index (χ1) is 15.7. The first-order valence-corrected chi connectivity index (χ1v) is 13.5. The van der Waals surface area contributed by atoms with Gasteiger partial charge in [-0.3, -0.25) is 14.4 Å². The number of benzene rings is 1. The molecule has 3 heterocycles. The highest BCUT2D eigenvalue weighted by molar-refractivity contribution is 7.89. The number of carbonyl (C=O) groups is 1. The maximum absolute atomic E-state index is 15.0. The summed E-state index contributed by atoms with van der Waals surface area (Å²) in [5.41, 5.74) is 0.869. The lowest BCUT2D eigenvalue weighted by molar-refractivity contribution is -0.114. The van der Waals surface area contributed by atoms with E-state index >= 15 is 0 Å². The SMILES string of the molecule is CC(c1ccc(N2CC=C(NS(=O)(=O)CCc3ccc(Cl)s3)C2=O)c(F)c1)N1CCOCC1. The van der Waals surface area contributed by atoms with Crippen LogP contribution in [0.2, 0.25) is 4.34 Å². The molecule has 1 atom stereocenters. The predicted octanol–water partition coefficient (Wildman–Crippen LogP) is 3.33. The normalized spacial score (nSPS) is 18.5. The monoisotopic (exact) mass is 513 g/mol. The second kappa shape index (κ2) is 10.1. The fraction of sp³-hybridized carbons (Fsp3) is 0.409. The predicted molar refractivity (Wildman–Crippen MR) is 128 cm³/mol. The summed E-state index contributed by atoms with van der Waals surface area (Å²) in [7, 11) is -3.74. The highest BCUT2D eigenvalue weighted by atomic mass is 35.5. The smallest absolute Gasteiger partial charge is 0.275 e. The average Bonchev–Trinajstić information content (AvgIpc) is 3.37. The molecule has 1 N–H and O–H groups in total. The number of sulfonamides is 1. The molecule has 0 spiro atoms. The zero-order valence-electron chi connectivity index (χ0n) is 18.1. The molecule has 33 heavy (non-hydrogen) atoms. The van der Waals surface area contributed by atoms with Crippen molar-refractivity contribution in [2.75, 3.05) is 43.5 Å². The molecule has 1 aromatic heterocycles. The molecule has 178 valence electrons. The zero-order chi connectivity index (χ0) is 23.6. The van der Waals surface area contributed by atoms with Gasteiger partial charge in [-0.25, -0.2) is 12.8 Å². The van der Waals surface area contributed by atoms with Gasteiger partial charge in [-0.15, -0.1) is 11.3 Å². The van der Waals surface area contributed by atoms with Gasteiger partial charge in [0.25, 0.3) is 5.91 Å². The summed E-state index contributed by atoms with van der Waals surface area (Å²) in [6.45, 7) is 4.97. The van der Waals surface area contributed by atoms with Gasteiger partial charge in [0, 0.05) is 30.6 Å². The number of carbonyl (C=O) groups excluding carboxylic acids is 1. The molecule has 1 unspecified atom stereocenters. The fourth-order valence-corrected chi connectivity index (χ4v) is 6.22. The van der Waals surface area contributed by atoms with E-state index in [0.717, 1.165) is 23.5 Å². The van der Waals surface area contributed by atoms with Crippen molar-refractivity contribution in [3.63, 3.8) is 0 Å². The quantitative estimate of drug-likeness (QED) is 0.586. The summed E-state index contributed by atoms with van der Waals surface area (Å²) in [6.07, 6.45) is 1.75. The van der Waals surface area contributed by atoms with E-state index < -0.39 is 21.7 Å². The first-order valence-electron chi connectivity index (χ1n) is 10.6. The van der Waals surface area contributed by atoms with Crippen LogP contribution in [0.3, 0.4) is 0 Å². The van der Waals surface area contributed by atoms with Gasteiger partial charge in [-0.05, 0) is 49.2 Å². The van der Waals surface area contributed by atoms with Crippen molar-refractivity contribution < 1.29 is 22.3 Å². The minimum Gasteiger partial charge on any atom is -0.379 e. The second-order valence-electron chi connectivity index (χ2n) is 7.95. The Morgan fingerprint density at radius 2 is 2.00 bits per heavy atom. The number of nitrogens with zero attached hydrogens (tertiary/aromatic N) is 2. The maximum atomic E-state index is 15.0. The summed E-state index contributed by atoms with van der Waals surface area (Å²) in [5, 5.41) is 0. The third-order valence-corrected chi connectivity index (χ3v) is 8.37. The Morgan fingerprint density at radius 3 is 2.67 bits per heavy atom. The molecule has 0 saturated carbocycles.